The molecule has 0 aromatic carbocycles. The van der Waals surface area contributed by atoms with Crippen LogP contribution in [0.1, 0.15) is 26.7 Å². The number of likely N-dealkylation sites (N-methyl/N-ethyl adjacent to an activating group) is 1. The summed E-state index contributed by atoms with van der Waals surface area (Å²) < 4.78 is -0.316. The molecule has 0 aromatic rings. The summed E-state index contributed by atoms with van der Waals surface area (Å²) in [4.78, 5) is 1.99. The van der Waals surface area contributed by atoms with Gasteiger partial charge in [-0.05, 0) is 43.0 Å². The predicted molar refractivity (Wildman–Crippen MR) is 60.2 cm³/mol. The molecule has 0 saturated heterocycles. The van der Waals surface area contributed by atoms with Crippen molar-refractivity contribution in [1.29, 1.82) is 0 Å². The largest absolute Gasteiger partial charge is 0.392 e. The minimum atomic E-state index is -0.316. The maximum atomic E-state index is 9.15. The molecule has 0 rings (SSSR count). The number of halogens is 1. The number of nitrogens with zero attached hydrogens (tertiary/aromatic N) is 1. The van der Waals surface area contributed by atoms with Crippen molar-refractivity contribution in [2.75, 3.05) is 13.6 Å². The summed E-state index contributed by atoms with van der Waals surface area (Å²) in [5.74, 6) is 0. The molecule has 74 valence electrons. The summed E-state index contributed by atoms with van der Waals surface area (Å²) in [7, 11) is 1.94. The Labute approximate surface area is 88.4 Å². The van der Waals surface area contributed by atoms with Gasteiger partial charge in [-0.25, -0.2) is 0 Å². The fourth-order valence-corrected chi connectivity index (χ4v) is 1.83. The highest BCUT2D eigenvalue weighted by atomic mass is 127. The lowest BCUT2D eigenvalue weighted by Gasteiger charge is -2.34. The predicted octanol–water partition coefficient (Wildman–Crippen LogP) is 1.15. The molecule has 0 fully saturated rings. The third-order valence-electron chi connectivity index (χ3n) is 1.77. The fourth-order valence-electron chi connectivity index (χ4n) is 1.09. The number of hydrogen-bond donors (Lipinski definition) is 2. The Morgan fingerprint density at radius 3 is 2.50 bits per heavy atom. The highest BCUT2D eigenvalue weighted by Crippen LogP contribution is 2.21. The van der Waals surface area contributed by atoms with Gasteiger partial charge < -0.3 is 10.8 Å². The quantitative estimate of drug-likeness (QED) is 0.345. The second kappa shape index (κ2) is 5.36. The second-order valence-electron chi connectivity index (χ2n) is 3.30. The average molecular weight is 286 g/mol. The van der Waals surface area contributed by atoms with Crippen LogP contribution in [-0.2, 0) is 0 Å². The van der Waals surface area contributed by atoms with Crippen LogP contribution < -0.4 is 5.73 Å². The van der Waals surface area contributed by atoms with Gasteiger partial charge in [-0.3, -0.25) is 4.90 Å². The third-order valence-corrected chi connectivity index (χ3v) is 3.14. The maximum Gasteiger partial charge on any atom is 0.122 e. The number of aliphatic hydroxyl groups is 1. The van der Waals surface area contributed by atoms with Crippen LogP contribution in [0.5, 0.6) is 0 Å². The van der Waals surface area contributed by atoms with Gasteiger partial charge in [0.2, 0.25) is 0 Å². The number of alkyl halides is 1. The Morgan fingerprint density at radius 1 is 1.67 bits per heavy atom. The molecule has 3 N–H and O–H groups in total. The molecule has 0 heterocycles. The average Bonchev–Trinajstić information content (AvgIpc) is 1.85. The Balaban J connectivity index is 3.96. The summed E-state index contributed by atoms with van der Waals surface area (Å²) in [6.45, 7) is 4.51. The first-order valence-electron chi connectivity index (χ1n) is 4.27. The van der Waals surface area contributed by atoms with Gasteiger partial charge in [-0.1, -0.05) is 13.3 Å². The summed E-state index contributed by atoms with van der Waals surface area (Å²) >= 11 is 2.23. The molecule has 0 aromatic heterocycles. The molecule has 0 radical (unpaired) electrons. The Morgan fingerprint density at radius 2 is 2.17 bits per heavy atom. The van der Waals surface area contributed by atoms with Crippen molar-refractivity contribution in [3.63, 3.8) is 0 Å². The summed E-state index contributed by atoms with van der Waals surface area (Å²) in [5, 5.41) is 9.15. The molecule has 0 aliphatic rings. The normalized spacial score (nSPS) is 19.2. The summed E-state index contributed by atoms with van der Waals surface area (Å²) in [5.41, 5.74) is 6.02. The molecule has 12 heavy (non-hydrogen) atoms. The van der Waals surface area contributed by atoms with Crippen molar-refractivity contribution < 1.29 is 5.11 Å². The minimum Gasteiger partial charge on any atom is -0.392 e. The molecule has 2 unspecified atom stereocenters. The van der Waals surface area contributed by atoms with Crippen LogP contribution >= 0.6 is 22.6 Å². The minimum absolute atomic E-state index is 0.315. The first-order chi connectivity index (χ1) is 5.40. The monoisotopic (exact) mass is 286 g/mol. The molecule has 0 amide bonds. The zero-order chi connectivity index (χ0) is 9.78. The highest BCUT2D eigenvalue weighted by molar-refractivity contribution is 14.1. The zero-order valence-electron chi connectivity index (χ0n) is 8.05. The summed E-state index contributed by atoms with van der Waals surface area (Å²) in [6, 6.07) is 0. The van der Waals surface area contributed by atoms with E-state index in [0.717, 1.165) is 12.8 Å². The topological polar surface area (TPSA) is 49.5 Å². The van der Waals surface area contributed by atoms with Crippen molar-refractivity contribution >= 4 is 22.6 Å². The van der Waals surface area contributed by atoms with E-state index in [2.05, 4.69) is 29.5 Å². The van der Waals surface area contributed by atoms with Gasteiger partial charge in [0.1, 0.15) is 3.67 Å². The van der Waals surface area contributed by atoms with Crippen molar-refractivity contribution in [2.24, 2.45) is 5.73 Å². The van der Waals surface area contributed by atoms with Crippen molar-refractivity contribution in [2.45, 2.75) is 36.5 Å². The smallest absolute Gasteiger partial charge is 0.122 e. The first-order valence-corrected chi connectivity index (χ1v) is 5.35. The lowest BCUT2D eigenvalue weighted by molar-refractivity contribution is 0.109. The first kappa shape index (κ1) is 12.6. The van der Waals surface area contributed by atoms with E-state index in [1.54, 1.807) is 6.92 Å². The molecule has 0 bridgehead atoms. The Hall–Kier alpha value is 0.610. The van der Waals surface area contributed by atoms with Crippen LogP contribution in [0.3, 0.4) is 0 Å². The lowest BCUT2D eigenvalue weighted by Crippen LogP contribution is -2.50. The van der Waals surface area contributed by atoms with Crippen molar-refractivity contribution in [3.8, 4) is 0 Å². The van der Waals surface area contributed by atoms with Gasteiger partial charge in [-0.2, -0.15) is 0 Å². The van der Waals surface area contributed by atoms with E-state index >= 15 is 0 Å². The zero-order valence-corrected chi connectivity index (χ0v) is 10.2. The molecule has 0 aliphatic heterocycles. The van der Waals surface area contributed by atoms with E-state index in [0.29, 0.717) is 6.54 Å². The van der Waals surface area contributed by atoms with Gasteiger partial charge in [0.25, 0.3) is 0 Å². The van der Waals surface area contributed by atoms with E-state index in [-0.39, 0.29) is 9.77 Å². The maximum absolute atomic E-state index is 9.15. The standard InChI is InChI=1S/C8H19IN2O/c1-4-5-8(9,10)11(3)6-7(2)12/h7,12H,4-6,10H2,1-3H3. The molecule has 0 saturated carbocycles. The SMILES string of the molecule is CCCC(N)(I)N(C)CC(C)O. The van der Waals surface area contributed by atoms with Crippen LogP contribution in [0.25, 0.3) is 0 Å². The molecule has 2 atom stereocenters. The van der Waals surface area contributed by atoms with E-state index in [1.165, 1.54) is 0 Å². The second-order valence-corrected chi connectivity index (χ2v) is 5.17. The van der Waals surface area contributed by atoms with E-state index < -0.39 is 0 Å². The molecule has 4 heteroatoms. The number of rotatable bonds is 5. The van der Waals surface area contributed by atoms with Crippen LogP contribution in [-0.4, -0.2) is 33.4 Å². The molecule has 0 aliphatic carbocycles. The fraction of sp³-hybridized carbons (Fsp3) is 1.00. The van der Waals surface area contributed by atoms with Gasteiger partial charge in [-0.15, -0.1) is 0 Å². The Kier molecular flexibility index (Phi) is 5.64. The van der Waals surface area contributed by atoms with E-state index in [1.807, 2.05) is 11.9 Å². The van der Waals surface area contributed by atoms with Gasteiger partial charge >= 0.3 is 0 Å². The molecule has 3 nitrogen and oxygen atoms in total. The van der Waals surface area contributed by atoms with Crippen LogP contribution in [0, 0.1) is 0 Å². The summed E-state index contributed by atoms with van der Waals surface area (Å²) in [6.07, 6.45) is 1.69. The van der Waals surface area contributed by atoms with Crippen LogP contribution in [0.4, 0.5) is 0 Å². The highest BCUT2D eigenvalue weighted by Gasteiger charge is 2.25. The van der Waals surface area contributed by atoms with Crippen LogP contribution in [0.15, 0.2) is 0 Å². The van der Waals surface area contributed by atoms with Crippen LogP contribution in [0.2, 0.25) is 0 Å². The van der Waals surface area contributed by atoms with Gasteiger partial charge in [0, 0.05) is 6.54 Å². The molecular formula is C8H19IN2O. The molecule has 0 spiro atoms. The van der Waals surface area contributed by atoms with E-state index in [9.17, 15) is 0 Å². The van der Waals surface area contributed by atoms with E-state index in [4.69, 9.17) is 10.8 Å². The van der Waals surface area contributed by atoms with Crippen molar-refractivity contribution in [3.05, 3.63) is 0 Å². The van der Waals surface area contributed by atoms with Gasteiger partial charge in [0.15, 0.2) is 0 Å². The molecular weight excluding hydrogens is 267 g/mol. The number of hydrogen-bond acceptors (Lipinski definition) is 3. The third kappa shape index (κ3) is 4.59. The Bertz CT molecular complexity index is 128. The van der Waals surface area contributed by atoms with Gasteiger partial charge in [0.05, 0.1) is 6.10 Å². The lowest BCUT2D eigenvalue weighted by atomic mass is 10.2. The number of aliphatic hydroxyl groups excluding tert-OH is 1. The number of nitrogens with two attached hydrogens (primary N) is 1. The van der Waals surface area contributed by atoms with Crippen molar-refractivity contribution in [1.82, 2.24) is 4.90 Å².